The van der Waals surface area contributed by atoms with Crippen LogP contribution in [-0.2, 0) is 13.5 Å². The third-order valence-corrected chi connectivity index (χ3v) is 5.01. The van der Waals surface area contributed by atoms with Gasteiger partial charge in [-0.1, -0.05) is 23.8 Å². The van der Waals surface area contributed by atoms with Crippen molar-refractivity contribution in [1.29, 1.82) is 0 Å². The standard InChI is InChI=1S/C25H27N5O3/c1-17-5-6-24(20(4)10-17)33-16-30-14-21(13-26-30)27-25(31)23-7-8-29(28-23)15-32-22-11-18(2)9-19(3)12-22/h5-14H,15-16H2,1-4H3,(H,27,31). The van der Waals surface area contributed by atoms with Crippen molar-refractivity contribution in [1.82, 2.24) is 19.6 Å². The van der Waals surface area contributed by atoms with Crippen LogP contribution in [0.2, 0.25) is 0 Å². The van der Waals surface area contributed by atoms with Crippen molar-refractivity contribution in [3.05, 3.63) is 89.0 Å². The first-order chi connectivity index (χ1) is 15.9. The monoisotopic (exact) mass is 445 g/mol. The van der Waals surface area contributed by atoms with E-state index in [4.69, 9.17) is 9.47 Å². The van der Waals surface area contributed by atoms with Crippen LogP contribution in [0.15, 0.2) is 61.1 Å². The number of carbonyl (C=O) groups excluding carboxylic acids is 1. The second kappa shape index (κ2) is 9.60. The summed E-state index contributed by atoms with van der Waals surface area (Å²) in [5.74, 6) is 1.25. The number of hydrogen-bond acceptors (Lipinski definition) is 5. The fourth-order valence-corrected chi connectivity index (χ4v) is 3.50. The molecule has 1 amide bonds. The molecule has 2 aromatic heterocycles. The van der Waals surface area contributed by atoms with Crippen molar-refractivity contribution in [2.24, 2.45) is 0 Å². The van der Waals surface area contributed by atoms with E-state index in [1.807, 2.05) is 52.0 Å². The second-order valence-corrected chi connectivity index (χ2v) is 8.10. The molecule has 170 valence electrons. The summed E-state index contributed by atoms with van der Waals surface area (Å²) in [6, 6.07) is 13.7. The third kappa shape index (κ3) is 5.79. The molecular formula is C25H27N5O3. The molecule has 2 heterocycles. The molecule has 0 bridgehead atoms. The average molecular weight is 446 g/mol. The normalized spacial score (nSPS) is 10.8. The minimum Gasteiger partial charge on any atom is -0.471 e. The quantitative estimate of drug-likeness (QED) is 0.427. The molecule has 0 fully saturated rings. The van der Waals surface area contributed by atoms with Gasteiger partial charge in [0, 0.05) is 6.20 Å². The van der Waals surface area contributed by atoms with E-state index in [0.29, 0.717) is 11.4 Å². The fraction of sp³-hybridized carbons (Fsp3) is 0.240. The number of carbonyl (C=O) groups is 1. The first kappa shape index (κ1) is 22.1. The molecule has 0 radical (unpaired) electrons. The highest BCUT2D eigenvalue weighted by Crippen LogP contribution is 2.19. The van der Waals surface area contributed by atoms with E-state index >= 15 is 0 Å². The van der Waals surface area contributed by atoms with Crippen molar-refractivity contribution in [2.75, 3.05) is 5.32 Å². The Morgan fingerprint density at radius 1 is 0.909 bits per heavy atom. The van der Waals surface area contributed by atoms with Gasteiger partial charge in [-0.05, 0) is 68.7 Å². The van der Waals surface area contributed by atoms with Crippen LogP contribution in [0.3, 0.4) is 0 Å². The number of anilines is 1. The summed E-state index contributed by atoms with van der Waals surface area (Å²) in [5, 5.41) is 11.3. The number of aromatic nitrogens is 4. The molecule has 0 aliphatic rings. The predicted octanol–water partition coefficient (Wildman–Crippen LogP) is 4.64. The molecule has 0 spiro atoms. The van der Waals surface area contributed by atoms with Gasteiger partial charge < -0.3 is 14.8 Å². The van der Waals surface area contributed by atoms with Gasteiger partial charge in [0.2, 0.25) is 0 Å². The molecular weight excluding hydrogens is 418 g/mol. The van der Waals surface area contributed by atoms with Crippen LogP contribution < -0.4 is 14.8 Å². The van der Waals surface area contributed by atoms with Crippen LogP contribution >= 0.6 is 0 Å². The molecule has 2 aromatic carbocycles. The Kier molecular flexibility index (Phi) is 6.44. The molecule has 8 heteroatoms. The van der Waals surface area contributed by atoms with Crippen LogP contribution in [0.5, 0.6) is 11.5 Å². The summed E-state index contributed by atoms with van der Waals surface area (Å²) in [5.41, 5.74) is 5.36. The molecule has 0 unspecified atom stereocenters. The molecule has 0 atom stereocenters. The Balaban J connectivity index is 1.30. The van der Waals surface area contributed by atoms with E-state index in [1.54, 1.807) is 34.0 Å². The molecule has 4 rings (SSSR count). The van der Waals surface area contributed by atoms with E-state index in [1.165, 1.54) is 5.56 Å². The topological polar surface area (TPSA) is 83.2 Å². The maximum absolute atomic E-state index is 12.6. The summed E-state index contributed by atoms with van der Waals surface area (Å²) >= 11 is 0. The number of rotatable bonds is 8. The van der Waals surface area contributed by atoms with Crippen LogP contribution in [0.1, 0.15) is 32.7 Å². The minimum absolute atomic E-state index is 0.212. The Labute approximate surface area is 192 Å². The van der Waals surface area contributed by atoms with E-state index in [2.05, 4.69) is 27.6 Å². The van der Waals surface area contributed by atoms with Gasteiger partial charge in [0.25, 0.3) is 5.91 Å². The zero-order valence-corrected chi connectivity index (χ0v) is 19.2. The van der Waals surface area contributed by atoms with Gasteiger partial charge in [0.1, 0.15) is 11.5 Å². The Bertz CT molecular complexity index is 1250. The van der Waals surface area contributed by atoms with Gasteiger partial charge in [-0.3, -0.25) is 4.79 Å². The van der Waals surface area contributed by atoms with Crippen LogP contribution in [-0.4, -0.2) is 25.5 Å². The summed E-state index contributed by atoms with van der Waals surface area (Å²) in [6.07, 6.45) is 4.99. The minimum atomic E-state index is -0.324. The zero-order valence-electron chi connectivity index (χ0n) is 19.2. The number of ether oxygens (including phenoxy) is 2. The maximum atomic E-state index is 12.6. The predicted molar refractivity (Wildman–Crippen MR) is 125 cm³/mol. The molecule has 8 nitrogen and oxygen atoms in total. The molecule has 0 aliphatic heterocycles. The molecule has 0 saturated carbocycles. The Morgan fingerprint density at radius 2 is 1.67 bits per heavy atom. The molecule has 1 N–H and O–H groups in total. The van der Waals surface area contributed by atoms with Gasteiger partial charge in [0.05, 0.1) is 18.1 Å². The van der Waals surface area contributed by atoms with E-state index in [0.717, 1.165) is 28.2 Å². The molecule has 0 saturated heterocycles. The van der Waals surface area contributed by atoms with Crippen molar-refractivity contribution < 1.29 is 14.3 Å². The summed E-state index contributed by atoms with van der Waals surface area (Å²) in [7, 11) is 0. The number of amides is 1. The fourth-order valence-electron chi connectivity index (χ4n) is 3.50. The zero-order chi connectivity index (χ0) is 23.4. The van der Waals surface area contributed by atoms with E-state index in [-0.39, 0.29) is 19.4 Å². The lowest BCUT2D eigenvalue weighted by Crippen LogP contribution is -2.14. The summed E-state index contributed by atoms with van der Waals surface area (Å²) in [4.78, 5) is 12.6. The highest BCUT2D eigenvalue weighted by molar-refractivity contribution is 6.02. The van der Waals surface area contributed by atoms with E-state index in [9.17, 15) is 4.79 Å². The van der Waals surface area contributed by atoms with Crippen molar-refractivity contribution >= 4 is 11.6 Å². The van der Waals surface area contributed by atoms with Crippen LogP contribution in [0.4, 0.5) is 5.69 Å². The number of nitrogens with zero attached hydrogens (tertiary/aromatic N) is 4. The van der Waals surface area contributed by atoms with E-state index < -0.39 is 0 Å². The largest absolute Gasteiger partial charge is 0.471 e. The van der Waals surface area contributed by atoms with Gasteiger partial charge in [-0.15, -0.1) is 0 Å². The maximum Gasteiger partial charge on any atom is 0.276 e. The van der Waals surface area contributed by atoms with Crippen molar-refractivity contribution in [3.8, 4) is 11.5 Å². The number of aryl methyl sites for hydroxylation is 4. The Morgan fingerprint density at radius 3 is 2.42 bits per heavy atom. The second-order valence-electron chi connectivity index (χ2n) is 8.10. The average Bonchev–Trinajstić information content (AvgIpc) is 3.40. The molecule has 0 aliphatic carbocycles. The van der Waals surface area contributed by atoms with Crippen LogP contribution in [0.25, 0.3) is 0 Å². The van der Waals surface area contributed by atoms with Crippen LogP contribution in [0, 0.1) is 27.7 Å². The highest BCUT2D eigenvalue weighted by atomic mass is 16.5. The van der Waals surface area contributed by atoms with Gasteiger partial charge in [0.15, 0.2) is 19.2 Å². The Hall–Kier alpha value is -4.07. The smallest absolute Gasteiger partial charge is 0.276 e. The first-order valence-corrected chi connectivity index (χ1v) is 10.6. The molecule has 33 heavy (non-hydrogen) atoms. The number of benzene rings is 2. The van der Waals surface area contributed by atoms with Gasteiger partial charge in [-0.25, -0.2) is 9.36 Å². The highest BCUT2D eigenvalue weighted by Gasteiger charge is 2.12. The lowest BCUT2D eigenvalue weighted by molar-refractivity contribution is 0.102. The summed E-state index contributed by atoms with van der Waals surface area (Å²) < 4.78 is 14.8. The van der Waals surface area contributed by atoms with Gasteiger partial charge >= 0.3 is 0 Å². The van der Waals surface area contributed by atoms with Crippen molar-refractivity contribution in [3.63, 3.8) is 0 Å². The lowest BCUT2D eigenvalue weighted by Gasteiger charge is -2.09. The summed E-state index contributed by atoms with van der Waals surface area (Å²) in [6.45, 7) is 8.54. The molecule has 4 aromatic rings. The van der Waals surface area contributed by atoms with Gasteiger partial charge in [-0.2, -0.15) is 10.2 Å². The number of hydrogen-bond donors (Lipinski definition) is 1. The lowest BCUT2D eigenvalue weighted by atomic mass is 10.1. The van der Waals surface area contributed by atoms with Crippen molar-refractivity contribution in [2.45, 2.75) is 41.2 Å². The number of nitrogens with one attached hydrogen (secondary N) is 1. The first-order valence-electron chi connectivity index (χ1n) is 10.6. The SMILES string of the molecule is Cc1cc(C)cc(OCn2ccc(C(=O)Nc3cnn(COc4ccc(C)cc4C)c3)n2)c1. The third-order valence-electron chi connectivity index (χ3n) is 5.01.